The van der Waals surface area contributed by atoms with Crippen molar-refractivity contribution in [3.8, 4) is 0 Å². The maximum atomic E-state index is 4.72. The summed E-state index contributed by atoms with van der Waals surface area (Å²) in [4.78, 5) is 14.0. The van der Waals surface area contributed by atoms with E-state index in [0.717, 1.165) is 45.0 Å². The van der Waals surface area contributed by atoms with Crippen LogP contribution >= 0.6 is 11.3 Å². The number of pyridine rings is 1. The molecule has 1 fully saturated rings. The Hall–Kier alpha value is -1.46. The van der Waals surface area contributed by atoms with Crippen LogP contribution in [0.3, 0.4) is 0 Å². The van der Waals surface area contributed by atoms with E-state index < -0.39 is 0 Å². The van der Waals surface area contributed by atoms with E-state index in [0.29, 0.717) is 0 Å². The molecular weight excluding hydrogens is 280 g/mol. The van der Waals surface area contributed by atoms with E-state index in [2.05, 4.69) is 39.2 Å². The van der Waals surface area contributed by atoms with Crippen LogP contribution < -0.4 is 4.90 Å². The van der Waals surface area contributed by atoms with Crippen molar-refractivity contribution in [1.82, 2.24) is 14.9 Å². The van der Waals surface area contributed by atoms with E-state index in [1.165, 1.54) is 17.1 Å². The van der Waals surface area contributed by atoms with Gasteiger partial charge in [0, 0.05) is 44.3 Å². The molecule has 112 valence electrons. The summed E-state index contributed by atoms with van der Waals surface area (Å²) < 4.78 is 0. The fraction of sp³-hybridized carbons (Fsp3) is 0.500. The van der Waals surface area contributed by atoms with Crippen molar-refractivity contribution in [3.05, 3.63) is 40.5 Å². The predicted octanol–water partition coefficient (Wildman–Crippen LogP) is 2.81. The predicted molar refractivity (Wildman–Crippen MR) is 87.8 cm³/mol. The van der Waals surface area contributed by atoms with Gasteiger partial charge in [0.15, 0.2) is 0 Å². The Morgan fingerprint density at radius 2 is 2.05 bits per heavy atom. The first-order chi connectivity index (χ1) is 10.3. The number of rotatable bonds is 5. The molecule has 0 amide bonds. The van der Waals surface area contributed by atoms with Gasteiger partial charge < -0.3 is 4.90 Å². The molecule has 0 aliphatic carbocycles. The van der Waals surface area contributed by atoms with Gasteiger partial charge in [0.25, 0.3) is 0 Å². The average molecular weight is 302 g/mol. The molecule has 0 N–H and O–H groups in total. The average Bonchev–Trinajstić information content (AvgIpc) is 2.97. The van der Waals surface area contributed by atoms with Crippen molar-refractivity contribution in [3.63, 3.8) is 0 Å². The van der Waals surface area contributed by atoms with Gasteiger partial charge in [-0.1, -0.05) is 13.0 Å². The minimum atomic E-state index is 0.982. The highest BCUT2D eigenvalue weighted by molar-refractivity contribution is 7.09. The van der Waals surface area contributed by atoms with Gasteiger partial charge in [0.2, 0.25) is 0 Å². The summed E-state index contributed by atoms with van der Waals surface area (Å²) in [5.74, 6) is 1.09. The fourth-order valence-electron chi connectivity index (χ4n) is 2.66. The topological polar surface area (TPSA) is 32.3 Å². The van der Waals surface area contributed by atoms with Gasteiger partial charge in [0.1, 0.15) is 5.82 Å². The van der Waals surface area contributed by atoms with Crippen LogP contribution in [0.2, 0.25) is 0 Å². The number of aromatic nitrogens is 2. The quantitative estimate of drug-likeness (QED) is 0.850. The van der Waals surface area contributed by atoms with Crippen LogP contribution in [0.5, 0.6) is 0 Å². The van der Waals surface area contributed by atoms with Crippen LogP contribution in [0.1, 0.15) is 24.0 Å². The molecule has 0 unspecified atom stereocenters. The second-order valence-electron chi connectivity index (χ2n) is 5.43. The maximum Gasteiger partial charge on any atom is 0.128 e. The Labute approximate surface area is 130 Å². The van der Waals surface area contributed by atoms with E-state index in [1.807, 2.05) is 12.3 Å². The highest BCUT2D eigenvalue weighted by Crippen LogP contribution is 2.16. The van der Waals surface area contributed by atoms with E-state index in [4.69, 9.17) is 4.98 Å². The lowest BCUT2D eigenvalue weighted by molar-refractivity contribution is 0.247. The van der Waals surface area contributed by atoms with Crippen LogP contribution in [-0.4, -0.2) is 41.0 Å². The maximum absolute atomic E-state index is 4.72. The third-order valence-electron chi connectivity index (χ3n) is 3.79. The second-order valence-corrected chi connectivity index (χ2v) is 6.38. The lowest BCUT2D eigenvalue weighted by Gasteiger charge is -2.35. The monoisotopic (exact) mass is 302 g/mol. The van der Waals surface area contributed by atoms with Gasteiger partial charge in [-0.3, -0.25) is 4.90 Å². The minimum absolute atomic E-state index is 0.982. The van der Waals surface area contributed by atoms with Crippen molar-refractivity contribution in [2.24, 2.45) is 0 Å². The molecule has 2 aromatic rings. The van der Waals surface area contributed by atoms with E-state index >= 15 is 0 Å². The largest absolute Gasteiger partial charge is 0.354 e. The summed E-state index contributed by atoms with van der Waals surface area (Å²) in [6.45, 7) is 7.44. The van der Waals surface area contributed by atoms with Crippen molar-refractivity contribution in [2.75, 3.05) is 31.1 Å². The lowest BCUT2D eigenvalue weighted by Crippen LogP contribution is -2.46. The standard InChI is InChI=1S/C16H22N4S/c1-2-5-16-18-14(13-21-16)12-19-8-10-20(11-9-19)15-6-3-4-7-17-15/h3-4,6-7,13H,2,5,8-12H2,1H3. The number of nitrogens with zero attached hydrogens (tertiary/aromatic N) is 4. The zero-order valence-corrected chi connectivity index (χ0v) is 13.4. The molecule has 0 aromatic carbocycles. The Balaban J connectivity index is 1.51. The molecule has 0 atom stereocenters. The van der Waals surface area contributed by atoms with Gasteiger partial charge >= 0.3 is 0 Å². The molecule has 1 saturated heterocycles. The van der Waals surface area contributed by atoms with Crippen molar-refractivity contribution >= 4 is 17.2 Å². The van der Waals surface area contributed by atoms with Crippen LogP contribution in [0.25, 0.3) is 0 Å². The molecule has 0 spiro atoms. The van der Waals surface area contributed by atoms with Crippen LogP contribution in [-0.2, 0) is 13.0 Å². The van der Waals surface area contributed by atoms with E-state index in [9.17, 15) is 0 Å². The molecule has 1 aliphatic rings. The first-order valence-electron chi connectivity index (χ1n) is 7.67. The molecule has 3 rings (SSSR count). The molecule has 4 nitrogen and oxygen atoms in total. The van der Waals surface area contributed by atoms with Gasteiger partial charge in [0.05, 0.1) is 10.7 Å². The molecule has 1 aliphatic heterocycles. The zero-order chi connectivity index (χ0) is 14.5. The number of aryl methyl sites for hydroxylation is 1. The summed E-state index contributed by atoms with van der Waals surface area (Å²) in [6.07, 6.45) is 4.15. The number of piperazine rings is 1. The SMILES string of the molecule is CCCc1nc(CN2CCN(c3ccccn3)CC2)cs1. The van der Waals surface area contributed by atoms with Crippen LogP contribution in [0.15, 0.2) is 29.8 Å². The molecule has 21 heavy (non-hydrogen) atoms. The minimum Gasteiger partial charge on any atom is -0.354 e. The smallest absolute Gasteiger partial charge is 0.128 e. The van der Waals surface area contributed by atoms with Crippen LogP contribution in [0, 0.1) is 0 Å². The highest BCUT2D eigenvalue weighted by Gasteiger charge is 2.18. The Kier molecular flexibility index (Phi) is 4.83. The summed E-state index contributed by atoms with van der Waals surface area (Å²) in [5.41, 5.74) is 1.23. The number of hydrogen-bond acceptors (Lipinski definition) is 5. The van der Waals surface area contributed by atoms with Gasteiger partial charge in [-0.15, -0.1) is 11.3 Å². The third kappa shape index (κ3) is 3.80. The van der Waals surface area contributed by atoms with Crippen molar-refractivity contribution in [1.29, 1.82) is 0 Å². The second kappa shape index (κ2) is 7.00. The fourth-order valence-corrected chi connectivity index (χ4v) is 3.55. The van der Waals surface area contributed by atoms with E-state index in [-0.39, 0.29) is 0 Å². The number of anilines is 1. The highest BCUT2D eigenvalue weighted by atomic mass is 32.1. The molecule has 5 heteroatoms. The Morgan fingerprint density at radius 3 is 2.76 bits per heavy atom. The zero-order valence-electron chi connectivity index (χ0n) is 12.5. The molecule has 0 bridgehead atoms. The Bertz CT molecular complexity index is 546. The van der Waals surface area contributed by atoms with Gasteiger partial charge in [-0.05, 0) is 25.0 Å². The first-order valence-corrected chi connectivity index (χ1v) is 8.54. The molecule has 2 aromatic heterocycles. The third-order valence-corrected chi connectivity index (χ3v) is 4.75. The number of thiazole rings is 1. The summed E-state index contributed by atoms with van der Waals surface area (Å²) in [6, 6.07) is 6.11. The molecule has 0 saturated carbocycles. The summed E-state index contributed by atoms with van der Waals surface area (Å²) in [5, 5.41) is 3.50. The molecule has 3 heterocycles. The summed E-state index contributed by atoms with van der Waals surface area (Å²) >= 11 is 1.80. The molecule has 0 radical (unpaired) electrons. The molecular formula is C16H22N4S. The van der Waals surface area contributed by atoms with Gasteiger partial charge in [-0.25, -0.2) is 9.97 Å². The summed E-state index contributed by atoms with van der Waals surface area (Å²) in [7, 11) is 0. The van der Waals surface area contributed by atoms with Crippen molar-refractivity contribution in [2.45, 2.75) is 26.3 Å². The first kappa shape index (κ1) is 14.5. The van der Waals surface area contributed by atoms with Crippen LogP contribution in [0.4, 0.5) is 5.82 Å². The van der Waals surface area contributed by atoms with E-state index in [1.54, 1.807) is 11.3 Å². The van der Waals surface area contributed by atoms with Crippen molar-refractivity contribution < 1.29 is 0 Å². The normalized spacial score (nSPS) is 16.3. The Morgan fingerprint density at radius 1 is 1.19 bits per heavy atom. The lowest BCUT2D eigenvalue weighted by atomic mass is 10.3. The number of hydrogen-bond donors (Lipinski definition) is 0. The van der Waals surface area contributed by atoms with Gasteiger partial charge in [-0.2, -0.15) is 0 Å².